The number of aromatic nitrogens is 2. The fraction of sp³-hybridized carbons (Fsp3) is 0.238. The van der Waals surface area contributed by atoms with Gasteiger partial charge in [0, 0.05) is 16.5 Å². The van der Waals surface area contributed by atoms with E-state index >= 15 is 0 Å². The van der Waals surface area contributed by atoms with Gasteiger partial charge in [-0.15, -0.1) is 0 Å². The number of furan rings is 1. The Morgan fingerprint density at radius 1 is 1.19 bits per heavy atom. The van der Waals surface area contributed by atoms with E-state index in [9.17, 15) is 4.79 Å². The number of benzene rings is 2. The minimum absolute atomic E-state index is 0.212. The number of rotatable bonds is 3. The maximum absolute atomic E-state index is 12.4. The highest BCUT2D eigenvalue weighted by atomic mass is 16.3. The lowest BCUT2D eigenvalue weighted by Crippen LogP contribution is -2.45. The number of aromatic amines is 1. The molecule has 0 radical (unpaired) electrons. The highest BCUT2D eigenvalue weighted by molar-refractivity contribution is 6.00. The van der Waals surface area contributed by atoms with Crippen LogP contribution in [0.4, 0.5) is 5.69 Å². The molecule has 0 aliphatic rings. The van der Waals surface area contributed by atoms with Crippen molar-refractivity contribution < 1.29 is 9.21 Å². The first-order chi connectivity index (χ1) is 12.8. The Balaban J connectivity index is 1.70. The lowest BCUT2D eigenvalue weighted by molar-refractivity contribution is -0.119. The largest absolute Gasteiger partial charge is 0.454 e. The summed E-state index contributed by atoms with van der Waals surface area (Å²) in [6, 6.07) is 14.8. The minimum atomic E-state index is -0.604. The van der Waals surface area contributed by atoms with Gasteiger partial charge in [-0.2, -0.15) is 5.10 Å². The Hall–Kier alpha value is -3.12. The lowest BCUT2D eigenvalue weighted by Gasteiger charge is -2.25. The molecule has 2 aromatic heterocycles. The summed E-state index contributed by atoms with van der Waals surface area (Å²) in [5.41, 5.74) is 8.79. The number of carbonyl (C=O) groups is 1. The third-order valence-electron chi connectivity index (χ3n) is 4.70. The van der Waals surface area contributed by atoms with Crippen LogP contribution in [0.25, 0.3) is 33.3 Å². The third kappa shape index (κ3) is 3.19. The van der Waals surface area contributed by atoms with Crippen LogP contribution in [-0.4, -0.2) is 22.1 Å². The third-order valence-corrected chi connectivity index (χ3v) is 4.70. The molecule has 138 valence electrons. The summed E-state index contributed by atoms with van der Waals surface area (Å²) in [4.78, 5) is 12.4. The molecule has 0 aliphatic heterocycles. The van der Waals surface area contributed by atoms with E-state index in [0.717, 1.165) is 21.9 Å². The number of fused-ring (bicyclic) bond motifs is 2. The Morgan fingerprint density at radius 2 is 1.96 bits per heavy atom. The summed E-state index contributed by atoms with van der Waals surface area (Å²) < 4.78 is 5.93. The monoisotopic (exact) mass is 362 g/mol. The van der Waals surface area contributed by atoms with E-state index in [2.05, 4.69) is 15.5 Å². The van der Waals surface area contributed by atoms with Gasteiger partial charge in [0.1, 0.15) is 11.3 Å². The van der Waals surface area contributed by atoms with Gasteiger partial charge in [-0.25, -0.2) is 0 Å². The van der Waals surface area contributed by atoms with Gasteiger partial charge in [0.05, 0.1) is 11.6 Å². The zero-order valence-electron chi connectivity index (χ0n) is 15.5. The fourth-order valence-corrected chi connectivity index (χ4v) is 2.99. The number of para-hydroxylation sites is 1. The van der Waals surface area contributed by atoms with Crippen molar-refractivity contribution in [2.24, 2.45) is 11.1 Å². The second-order valence-corrected chi connectivity index (χ2v) is 7.81. The molecule has 1 atom stereocenters. The number of hydrogen-bond donors (Lipinski definition) is 3. The molecule has 2 heterocycles. The second-order valence-electron chi connectivity index (χ2n) is 7.81. The number of hydrogen-bond acceptors (Lipinski definition) is 4. The molecule has 4 aromatic rings. The molecule has 6 heteroatoms. The molecule has 1 amide bonds. The van der Waals surface area contributed by atoms with Gasteiger partial charge in [-0.3, -0.25) is 9.89 Å². The molecule has 0 spiro atoms. The van der Waals surface area contributed by atoms with Crippen molar-refractivity contribution in [1.82, 2.24) is 10.2 Å². The topological polar surface area (TPSA) is 96.9 Å². The number of amides is 1. The van der Waals surface area contributed by atoms with Crippen LogP contribution in [0.3, 0.4) is 0 Å². The van der Waals surface area contributed by atoms with E-state index in [-0.39, 0.29) is 11.3 Å². The van der Waals surface area contributed by atoms with Crippen molar-refractivity contribution in [1.29, 1.82) is 0 Å². The quantitative estimate of drug-likeness (QED) is 0.506. The maximum Gasteiger partial charge on any atom is 0.241 e. The Labute approximate surface area is 156 Å². The molecule has 2 aromatic carbocycles. The Bertz CT molecular complexity index is 1100. The van der Waals surface area contributed by atoms with Crippen LogP contribution in [-0.2, 0) is 4.79 Å². The molecule has 0 aliphatic carbocycles. The number of nitrogens with zero attached hydrogens (tertiary/aromatic N) is 1. The summed E-state index contributed by atoms with van der Waals surface area (Å²) in [7, 11) is 0. The van der Waals surface area contributed by atoms with E-state index in [0.29, 0.717) is 17.1 Å². The van der Waals surface area contributed by atoms with Crippen molar-refractivity contribution >= 4 is 33.5 Å². The second kappa shape index (κ2) is 6.25. The maximum atomic E-state index is 12.4. The van der Waals surface area contributed by atoms with E-state index in [1.807, 2.05) is 69.3 Å². The average molecular weight is 362 g/mol. The number of H-pyrrole nitrogens is 1. The van der Waals surface area contributed by atoms with Crippen LogP contribution < -0.4 is 11.1 Å². The highest BCUT2D eigenvalue weighted by Crippen LogP contribution is 2.32. The molecule has 0 saturated carbocycles. The summed E-state index contributed by atoms with van der Waals surface area (Å²) >= 11 is 0. The highest BCUT2D eigenvalue weighted by Gasteiger charge is 2.27. The molecule has 0 fully saturated rings. The minimum Gasteiger partial charge on any atom is -0.454 e. The van der Waals surface area contributed by atoms with Crippen molar-refractivity contribution in [3.63, 3.8) is 0 Å². The number of carbonyl (C=O) groups excluding carboxylic acids is 1. The van der Waals surface area contributed by atoms with E-state index in [4.69, 9.17) is 10.2 Å². The van der Waals surface area contributed by atoms with Gasteiger partial charge >= 0.3 is 0 Å². The average Bonchev–Trinajstić information content (AvgIpc) is 3.23. The molecule has 27 heavy (non-hydrogen) atoms. The SMILES string of the molecule is CC(C)(C)C(N)C(=O)Nc1ccc2[nH]nc(-c3cc4ccccc4o3)c2c1. The van der Waals surface area contributed by atoms with E-state index < -0.39 is 6.04 Å². The molecule has 0 bridgehead atoms. The first-order valence-electron chi connectivity index (χ1n) is 8.86. The number of nitrogens with one attached hydrogen (secondary N) is 2. The zero-order chi connectivity index (χ0) is 19.2. The summed E-state index contributed by atoms with van der Waals surface area (Å²) in [5.74, 6) is 0.466. The van der Waals surface area contributed by atoms with Gasteiger partial charge in [-0.05, 0) is 35.7 Å². The molecule has 6 nitrogen and oxygen atoms in total. The van der Waals surface area contributed by atoms with E-state index in [1.165, 1.54) is 0 Å². The smallest absolute Gasteiger partial charge is 0.241 e. The van der Waals surface area contributed by atoms with Crippen LogP contribution in [0.5, 0.6) is 0 Å². The Kier molecular flexibility index (Phi) is 4.00. The van der Waals surface area contributed by atoms with Crippen LogP contribution in [0.15, 0.2) is 52.9 Å². The predicted molar refractivity (Wildman–Crippen MR) is 107 cm³/mol. The number of nitrogens with two attached hydrogens (primary N) is 1. The molecular weight excluding hydrogens is 340 g/mol. The molecule has 4 rings (SSSR count). The molecule has 1 unspecified atom stereocenters. The van der Waals surface area contributed by atoms with Gasteiger partial charge < -0.3 is 15.5 Å². The van der Waals surface area contributed by atoms with Crippen LogP contribution in [0, 0.1) is 5.41 Å². The van der Waals surface area contributed by atoms with Crippen molar-refractivity contribution in [2.45, 2.75) is 26.8 Å². The van der Waals surface area contributed by atoms with Crippen molar-refractivity contribution in [3.8, 4) is 11.5 Å². The molecule has 4 N–H and O–H groups in total. The number of anilines is 1. The van der Waals surface area contributed by atoms with Gasteiger partial charge in [0.15, 0.2) is 5.76 Å². The summed E-state index contributed by atoms with van der Waals surface area (Å²) in [5, 5.41) is 12.2. The standard InChI is InChI=1S/C21H22N4O2/c1-21(2,3)19(22)20(26)23-13-8-9-15-14(11-13)18(25-24-15)17-10-12-6-4-5-7-16(12)27-17/h4-11,19H,22H2,1-3H3,(H,23,26)(H,24,25). The zero-order valence-corrected chi connectivity index (χ0v) is 15.5. The first kappa shape index (κ1) is 17.3. The van der Waals surface area contributed by atoms with Crippen LogP contribution >= 0.6 is 0 Å². The summed E-state index contributed by atoms with van der Waals surface area (Å²) in [6.07, 6.45) is 0. The molecular formula is C21H22N4O2. The van der Waals surface area contributed by atoms with Gasteiger partial charge in [0.25, 0.3) is 0 Å². The van der Waals surface area contributed by atoms with Crippen LogP contribution in [0.2, 0.25) is 0 Å². The fourth-order valence-electron chi connectivity index (χ4n) is 2.99. The Morgan fingerprint density at radius 3 is 2.70 bits per heavy atom. The van der Waals surface area contributed by atoms with Gasteiger partial charge in [0.2, 0.25) is 5.91 Å². The van der Waals surface area contributed by atoms with Crippen molar-refractivity contribution in [3.05, 3.63) is 48.5 Å². The van der Waals surface area contributed by atoms with E-state index in [1.54, 1.807) is 0 Å². The lowest BCUT2D eigenvalue weighted by atomic mass is 9.87. The predicted octanol–water partition coefficient (Wildman–Crippen LogP) is 4.29. The first-order valence-corrected chi connectivity index (χ1v) is 8.86. The van der Waals surface area contributed by atoms with Gasteiger partial charge in [-0.1, -0.05) is 39.0 Å². The van der Waals surface area contributed by atoms with Crippen LogP contribution in [0.1, 0.15) is 20.8 Å². The van der Waals surface area contributed by atoms with Crippen molar-refractivity contribution in [2.75, 3.05) is 5.32 Å². The summed E-state index contributed by atoms with van der Waals surface area (Å²) in [6.45, 7) is 5.82. The normalized spacial score (nSPS) is 13.2. The molecule has 0 saturated heterocycles.